The fourth-order valence-electron chi connectivity index (χ4n) is 3.45. The molecule has 8 heteroatoms. The number of nitrogens with one attached hydrogen (secondary N) is 1. The minimum absolute atomic E-state index is 0.105. The van der Waals surface area contributed by atoms with E-state index in [-0.39, 0.29) is 18.0 Å². The molecule has 5 rings (SSSR count). The van der Waals surface area contributed by atoms with Gasteiger partial charge < -0.3 is 5.32 Å². The first-order valence-electron chi connectivity index (χ1n) is 9.94. The molecule has 1 N–H and O–H groups in total. The molecule has 0 aliphatic carbocycles. The van der Waals surface area contributed by atoms with Crippen molar-refractivity contribution >= 4 is 49.3 Å². The third-order valence-corrected chi connectivity index (χ3v) is 6.43. The normalized spacial score (nSPS) is 11.2. The van der Waals surface area contributed by atoms with Crippen molar-refractivity contribution in [2.75, 3.05) is 0 Å². The van der Waals surface area contributed by atoms with Crippen LogP contribution in [0.4, 0.5) is 0 Å². The Bertz CT molecular complexity index is 1490. The van der Waals surface area contributed by atoms with Crippen LogP contribution in [0.15, 0.2) is 77.9 Å². The molecule has 1 amide bonds. The number of carbonyl (C=O) groups excluding carboxylic acids is 1. The highest BCUT2D eigenvalue weighted by Gasteiger charge is 2.15. The average molecular weight is 461 g/mol. The monoisotopic (exact) mass is 460 g/mol. The Balaban J connectivity index is 1.40. The van der Waals surface area contributed by atoms with E-state index in [9.17, 15) is 9.59 Å². The molecule has 0 saturated heterocycles. The highest BCUT2D eigenvalue weighted by molar-refractivity contribution is 7.25. The molecule has 0 aliphatic heterocycles. The van der Waals surface area contributed by atoms with Gasteiger partial charge in [-0.15, -0.1) is 11.3 Å². The topological polar surface area (TPSA) is 76.9 Å². The third kappa shape index (κ3) is 4.00. The van der Waals surface area contributed by atoms with Crippen LogP contribution in [-0.4, -0.2) is 20.4 Å². The average Bonchev–Trinajstić information content (AvgIpc) is 3.20. The van der Waals surface area contributed by atoms with Gasteiger partial charge in [0, 0.05) is 22.5 Å². The molecule has 0 atom stereocenters. The number of hydrogen-bond acceptors (Lipinski definition) is 5. The van der Waals surface area contributed by atoms with Crippen molar-refractivity contribution in [3.05, 3.63) is 94.0 Å². The minimum atomic E-state index is -0.270. The summed E-state index contributed by atoms with van der Waals surface area (Å²) in [7, 11) is 0. The van der Waals surface area contributed by atoms with Gasteiger partial charge in [-0.25, -0.2) is 9.97 Å². The number of aromatic nitrogens is 3. The fourth-order valence-corrected chi connectivity index (χ4v) is 4.65. The highest BCUT2D eigenvalue weighted by atomic mass is 35.5. The van der Waals surface area contributed by atoms with Gasteiger partial charge in [-0.05, 0) is 29.8 Å². The maximum absolute atomic E-state index is 13.0. The van der Waals surface area contributed by atoms with Crippen molar-refractivity contribution in [1.29, 1.82) is 0 Å². The van der Waals surface area contributed by atoms with Crippen LogP contribution in [0.3, 0.4) is 0 Å². The van der Waals surface area contributed by atoms with Gasteiger partial charge in [-0.1, -0.05) is 54.1 Å². The number of hydrogen-bond donors (Lipinski definition) is 1. The second-order valence-corrected chi connectivity index (χ2v) is 8.71. The van der Waals surface area contributed by atoms with E-state index in [2.05, 4.69) is 10.3 Å². The summed E-state index contributed by atoms with van der Waals surface area (Å²) >= 11 is 7.18. The number of carbonyl (C=O) groups is 1. The summed E-state index contributed by atoms with van der Waals surface area (Å²) in [6.45, 7) is 0.252. The molecule has 32 heavy (non-hydrogen) atoms. The first-order valence-corrected chi connectivity index (χ1v) is 11.1. The van der Waals surface area contributed by atoms with Gasteiger partial charge in [0.1, 0.15) is 16.1 Å². The number of benzene rings is 2. The first kappa shape index (κ1) is 20.4. The number of thiophene rings is 1. The lowest BCUT2D eigenvalue weighted by Gasteiger charge is -2.07. The van der Waals surface area contributed by atoms with Crippen LogP contribution < -0.4 is 10.9 Å². The van der Waals surface area contributed by atoms with Gasteiger partial charge in [-0.3, -0.25) is 14.2 Å². The number of fused-ring (bicyclic) bond motifs is 3. The summed E-state index contributed by atoms with van der Waals surface area (Å²) in [5.41, 5.74) is 3.13. The summed E-state index contributed by atoms with van der Waals surface area (Å²) in [6.07, 6.45) is 1.42. The molecule has 3 heterocycles. The van der Waals surface area contributed by atoms with E-state index in [1.807, 2.05) is 54.6 Å². The third-order valence-electron chi connectivity index (χ3n) is 5.10. The van der Waals surface area contributed by atoms with E-state index >= 15 is 0 Å². The lowest BCUT2D eigenvalue weighted by molar-refractivity contribution is -0.121. The Morgan fingerprint density at radius 3 is 2.59 bits per heavy atom. The smallest absolute Gasteiger partial charge is 0.271 e. The molecule has 158 valence electrons. The van der Waals surface area contributed by atoms with E-state index in [1.165, 1.54) is 22.2 Å². The van der Waals surface area contributed by atoms with Gasteiger partial charge >= 0.3 is 0 Å². The van der Waals surface area contributed by atoms with Crippen LogP contribution in [0.5, 0.6) is 0 Å². The van der Waals surface area contributed by atoms with Gasteiger partial charge in [0.05, 0.1) is 17.5 Å². The van der Waals surface area contributed by atoms with Gasteiger partial charge in [-0.2, -0.15) is 0 Å². The molecule has 0 spiro atoms. The largest absolute Gasteiger partial charge is 0.350 e. The Morgan fingerprint density at radius 2 is 1.81 bits per heavy atom. The standard InChI is InChI=1S/C24H17ClN4O2S/c25-17-8-6-15(7-9-17)12-26-20(30)13-29-14-27-21-18-10-11-19(16-4-2-1-3-5-16)28-23(18)32-22(21)24(29)31/h1-11,14H,12-13H2,(H,26,30). The molecule has 5 aromatic rings. The highest BCUT2D eigenvalue weighted by Crippen LogP contribution is 2.31. The number of amides is 1. The predicted octanol–water partition coefficient (Wildman–Crippen LogP) is 4.64. The molecular weight excluding hydrogens is 444 g/mol. The number of pyridine rings is 1. The quantitative estimate of drug-likeness (QED) is 0.414. The van der Waals surface area contributed by atoms with E-state index in [0.29, 0.717) is 21.8 Å². The molecule has 0 aliphatic rings. The Hall–Kier alpha value is -3.55. The zero-order valence-corrected chi connectivity index (χ0v) is 18.4. The fraction of sp³-hybridized carbons (Fsp3) is 0.0833. The summed E-state index contributed by atoms with van der Waals surface area (Å²) in [6, 6.07) is 21.0. The van der Waals surface area contributed by atoms with Crippen LogP contribution in [0.25, 0.3) is 31.7 Å². The van der Waals surface area contributed by atoms with E-state index in [1.54, 1.807) is 12.1 Å². The van der Waals surface area contributed by atoms with Crippen molar-refractivity contribution in [2.24, 2.45) is 0 Å². The lowest BCUT2D eigenvalue weighted by atomic mass is 10.1. The minimum Gasteiger partial charge on any atom is -0.350 e. The Labute approximate surface area is 192 Å². The van der Waals surface area contributed by atoms with Crippen LogP contribution in [-0.2, 0) is 17.9 Å². The molecule has 0 radical (unpaired) electrons. The summed E-state index contributed by atoms with van der Waals surface area (Å²) < 4.78 is 1.82. The van der Waals surface area contributed by atoms with Crippen LogP contribution >= 0.6 is 22.9 Å². The molecule has 3 aromatic heterocycles. The van der Waals surface area contributed by atoms with Crippen molar-refractivity contribution in [2.45, 2.75) is 13.1 Å². The summed E-state index contributed by atoms with van der Waals surface area (Å²) in [5.74, 6) is -0.270. The number of rotatable bonds is 5. The van der Waals surface area contributed by atoms with E-state index in [4.69, 9.17) is 16.6 Å². The van der Waals surface area contributed by atoms with Crippen LogP contribution in [0, 0.1) is 0 Å². The maximum atomic E-state index is 13.0. The number of nitrogens with zero attached hydrogens (tertiary/aromatic N) is 3. The molecule has 0 saturated carbocycles. The van der Waals surface area contributed by atoms with E-state index in [0.717, 1.165) is 27.0 Å². The second kappa shape index (κ2) is 8.53. The van der Waals surface area contributed by atoms with Crippen molar-refractivity contribution in [3.8, 4) is 11.3 Å². The Kier molecular flexibility index (Phi) is 5.43. The van der Waals surface area contributed by atoms with Crippen LogP contribution in [0.2, 0.25) is 5.02 Å². The van der Waals surface area contributed by atoms with Crippen molar-refractivity contribution in [1.82, 2.24) is 19.9 Å². The molecule has 0 fully saturated rings. The van der Waals surface area contributed by atoms with E-state index < -0.39 is 0 Å². The molecular formula is C24H17ClN4O2S. The maximum Gasteiger partial charge on any atom is 0.271 e. The lowest BCUT2D eigenvalue weighted by Crippen LogP contribution is -2.31. The van der Waals surface area contributed by atoms with Crippen LogP contribution in [0.1, 0.15) is 5.56 Å². The van der Waals surface area contributed by atoms with Crippen molar-refractivity contribution in [3.63, 3.8) is 0 Å². The molecule has 2 aromatic carbocycles. The molecule has 0 unspecified atom stereocenters. The zero-order chi connectivity index (χ0) is 22.1. The molecule has 0 bridgehead atoms. The van der Waals surface area contributed by atoms with Gasteiger partial charge in [0.25, 0.3) is 5.56 Å². The molecule has 6 nitrogen and oxygen atoms in total. The second-order valence-electron chi connectivity index (χ2n) is 7.28. The zero-order valence-electron chi connectivity index (χ0n) is 16.8. The first-order chi connectivity index (χ1) is 15.6. The SMILES string of the molecule is O=C(Cn1cnc2c(sc3nc(-c4ccccc4)ccc32)c1=O)NCc1ccc(Cl)cc1. The summed E-state index contributed by atoms with van der Waals surface area (Å²) in [5, 5.41) is 4.29. The van der Waals surface area contributed by atoms with Gasteiger partial charge in [0.2, 0.25) is 5.91 Å². The van der Waals surface area contributed by atoms with Gasteiger partial charge in [0.15, 0.2) is 0 Å². The predicted molar refractivity (Wildman–Crippen MR) is 128 cm³/mol. The Morgan fingerprint density at radius 1 is 1.03 bits per heavy atom. The number of halogens is 1. The summed E-state index contributed by atoms with van der Waals surface area (Å²) in [4.78, 5) is 35.3. The van der Waals surface area contributed by atoms with Crippen molar-refractivity contribution < 1.29 is 4.79 Å².